The zero-order chi connectivity index (χ0) is 20.4. The first-order chi connectivity index (χ1) is 13.6. The van der Waals surface area contributed by atoms with Crippen LogP contribution in [0.3, 0.4) is 0 Å². The summed E-state index contributed by atoms with van der Waals surface area (Å²) in [5.74, 6) is 0.569. The molecule has 1 atom stereocenters. The van der Waals surface area contributed by atoms with Crippen molar-refractivity contribution in [3.05, 3.63) is 64.2 Å². The molecule has 28 heavy (non-hydrogen) atoms. The molecular formula is C24H34N2O2. The van der Waals surface area contributed by atoms with Gasteiger partial charge < -0.3 is 4.90 Å². The molecule has 0 aliphatic rings. The standard InChI is InChI=1S/C24H34N2O2/c1-4-7-10-20(6-3)19-25(23-12-9-13-24(18-23)26(27)28)22-16-14-21(15-17-22)11-8-5-2/h9,12-18,20H,4-8,10-11,19H2,1-3H3. The van der Waals surface area contributed by atoms with E-state index in [4.69, 9.17) is 0 Å². The Hall–Kier alpha value is -2.36. The number of nitro groups is 1. The molecule has 1 unspecified atom stereocenters. The Kier molecular flexibility index (Phi) is 8.99. The minimum atomic E-state index is -0.316. The van der Waals surface area contributed by atoms with Crippen LogP contribution in [0.2, 0.25) is 0 Å². The third-order valence-corrected chi connectivity index (χ3v) is 5.40. The smallest absolute Gasteiger partial charge is 0.271 e. The highest BCUT2D eigenvalue weighted by Crippen LogP contribution is 2.31. The van der Waals surface area contributed by atoms with Crippen LogP contribution >= 0.6 is 0 Å². The molecule has 0 fully saturated rings. The number of benzene rings is 2. The van der Waals surface area contributed by atoms with E-state index in [2.05, 4.69) is 49.9 Å². The van der Waals surface area contributed by atoms with Crippen molar-refractivity contribution in [2.45, 2.75) is 65.7 Å². The molecule has 152 valence electrons. The molecule has 0 aliphatic carbocycles. The number of nitro benzene ring substituents is 1. The second-order valence-corrected chi connectivity index (χ2v) is 7.57. The van der Waals surface area contributed by atoms with Gasteiger partial charge in [0.15, 0.2) is 0 Å². The Morgan fingerprint density at radius 3 is 2.29 bits per heavy atom. The maximum Gasteiger partial charge on any atom is 0.271 e. The minimum Gasteiger partial charge on any atom is -0.341 e. The van der Waals surface area contributed by atoms with E-state index in [0.717, 1.165) is 30.8 Å². The SMILES string of the molecule is CCCCc1ccc(N(CC(CC)CCCC)c2cccc([N+](=O)[O-])c2)cc1. The van der Waals surface area contributed by atoms with Gasteiger partial charge in [0.25, 0.3) is 5.69 Å². The predicted octanol–water partition coefficient (Wildman–Crippen LogP) is 7.29. The molecule has 0 saturated carbocycles. The van der Waals surface area contributed by atoms with E-state index >= 15 is 0 Å². The first kappa shape index (κ1) is 21.9. The third-order valence-electron chi connectivity index (χ3n) is 5.40. The number of nitrogens with zero attached hydrogens (tertiary/aromatic N) is 2. The largest absolute Gasteiger partial charge is 0.341 e. The van der Waals surface area contributed by atoms with Crippen LogP contribution in [-0.4, -0.2) is 11.5 Å². The van der Waals surface area contributed by atoms with Gasteiger partial charge in [-0.25, -0.2) is 0 Å². The Morgan fingerprint density at radius 2 is 1.68 bits per heavy atom. The van der Waals surface area contributed by atoms with Crippen molar-refractivity contribution in [1.82, 2.24) is 0 Å². The van der Waals surface area contributed by atoms with Crippen molar-refractivity contribution in [3.63, 3.8) is 0 Å². The van der Waals surface area contributed by atoms with Gasteiger partial charge in [0.1, 0.15) is 0 Å². The Labute approximate surface area is 169 Å². The number of hydrogen-bond donors (Lipinski definition) is 0. The van der Waals surface area contributed by atoms with Gasteiger partial charge in [-0.2, -0.15) is 0 Å². The molecule has 2 rings (SSSR count). The van der Waals surface area contributed by atoms with E-state index in [-0.39, 0.29) is 10.6 Å². The van der Waals surface area contributed by atoms with E-state index < -0.39 is 0 Å². The Balaban J connectivity index is 2.32. The monoisotopic (exact) mass is 382 g/mol. The van der Waals surface area contributed by atoms with Gasteiger partial charge in [0, 0.05) is 30.1 Å². The molecule has 2 aromatic rings. The van der Waals surface area contributed by atoms with Gasteiger partial charge in [0.05, 0.1) is 4.92 Å². The Morgan fingerprint density at radius 1 is 0.964 bits per heavy atom. The van der Waals surface area contributed by atoms with Gasteiger partial charge in [-0.1, -0.05) is 64.7 Å². The molecule has 0 aliphatic heterocycles. The molecule has 0 saturated heterocycles. The highest BCUT2D eigenvalue weighted by Gasteiger charge is 2.17. The van der Waals surface area contributed by atoms with Crippen molar-refractivity contribution in [1.29, 1.82) is 0 Å². The van der Waals surface area contributed by atoms with Crippen LogP contribution in [0.15, 0.2) is 48.5 Å². The van der Waals surface area contributed by atoms with Crippen LogP contribution in [0, 0.1) is 16.0 Å². The maximum absolute atomic E-state index is 11.3. The quantitative estimate of drug-likeness (QED) is 0.286. The van der Waals surface area contributed by atoms with Crippen LogP contribution in [0.1, 0.15) is 64.9 Å². The summed E-state index contributed by atoms with van der Waals surface area (Å²) in [6, 6.07) is 15.7. The number of non-ortho nitro benzene ring substituents is 1. The maximum atomic E-state index is 11.3. The molecule has 0 spiro atoms. The fraction of sp³-hybridized carbons (Fsp3) is 0.500. The van der Waals surface area contributed by atoms with Gasteiger partial charge >= 0.3 is 0 Å². The van der Waals surface area contributed by atoms with Crippen LogP contribution in [0.4, 0.5) is 17.1 Å². The van der Waals surface area contributed by atoms with Gasteiger partial charge in [-0.3, -0.25) is 10.1 Å². The lowest BCUT2D eigenvalue weighted by atomic mass is 9.98. The second-order valence-electron chi connectivity index (χ2n) is 7.57. The van der Waals surface area contributed by atoms with Crippen molar-refractivity contribution < 1.29 is 4.92 Å². The van der Waals surface area contributed by atoms with E-state index in [1.54, 1.807) is 18.2 Å². The lowest BCUT2D eigenvalue weighted by Crippen LogP contribution is -2.25. The van der Waals surface area contributed by atoms with Crippen molar-refractivity contribution in [2.24, 2.45) is 5.92 Å². The van der Waals surface area contributed by atoms with Crippen LogP contribution in [0.5, 0.6) is 0 Å². The molecule has 0 amide bonds. The minimum absolute atomic E-state index is 0.142. The molecule has 0 N–H and O–H groups in total. The highest BCUT2D eigenvalue weighted by molar-refractivity contribution is 5.65. The number of aryl methyl sites for hydroxylation is 1. The summed E-state index contributed by atoms with van der Waals surface area (Å²) in [5.41, 5.74) is 3.49. The van der Waals surface area contributed by atoms with Gasteiger partial charge in [0.2, 0.25) is 0 Å². The molecular weight excluding hydrogens is 348 g/mol. The molecule has 4 nitrogen and oxygen atoms in total. The van der Waals surface area contributed by atoms with Crippen LogP contribution < -0.4 is 4.90 Å². The molecule has 0 radical (unpaired) electrons. The van der Waals surface area contributed by atoms with Crippen LogP contribution in [-0.2, 0) is 6.42 Å². The fourth-order valence-electron chi connectivity index (χ4n) is 3.53. The molecule has 0 aromatic heterocycles. The van der Waals surface area contributed by atoms with Crippen molar-refractivity contribution in [2.75, 3.05) is 11.4 Å². The summed E-state index contributed by atoms with van der Waals surface area (Å²) in [5, 5.41) is 11.3. The second kappa shape index (κ2) is 11.5. The zero-order valence-corrected chi connectivity index (χ0v) is 17.6. The summed E-state index contributed by atoms with van der Waals surface area (Å²) in [6.07, 6.45) is 8.20. The summed E-state index contributed by atoms with van der Waals surface area (Å²) in [4.78, 5) is 13.2. The fourth-order valence-corrected chi connectivity index (χ4v) is 3.53. The van der Waals surface area contributed by atoms with Gasteiger partial charge in [-0.05, 0) is 48.9 Å². The van der Waals surface area contributed by atoms with E-state index in [0.29, 0.717) is 5.92 Å². The van der Waals surface area contributed by atoms with E-state index in [1.165, 1.54) is 37.7 Å². The summed E-state index contributed by atoms with van der Waals surface area (Å²) < 4.78 is 0. The Bertz CT molecular complexity index is 728. The number of anilines is 2. The summed E-state index contributed by atoms with van der Waals surface area (Å²) in [6.45, 7) is 7.55. The molecule has 2 aromatic carbocycles. The number of hydrogen-bond acceptors (Lipinski definition) is 3. The first-order valence-corrected chi connectivity index (χ1v) is 10.7. The summed E-state index contributed by atoms with van der Waals surface area (Å²) >= 11 is 0. The average Bonchev–Trinajstić information content (AvgIpc) is 2.73. The van der Waals surface area contributed by atoms with Crippen molar-refractivity contribution in [3.8, 4) is 0 Å². The lowest BCUT2D eigenvalue weighted by Gasteiger charge is -2.29. The zero-order valence-electron chi connectivity index (χ0n) is 17.6. The normalized spacial score (nSPS) is 12.0. The van der Waals surface area contributed by atoms with Gasteiger partial charge in [-0.15, -0.1) is 0 Å². The predicted molar refractivity (Wildman–Crippen MR) is 118 cm³/mol. The van der Waals surface area contributed by atoms with Crippen LogP contribution in [0.25, 0.3) is 0 Å². The number of rotatable bonds is 12. The third kappa shape index (κ3) is 6.36. The molecule has 0 heterocycles. The van der Waals surface area contributed by atoms with Crippen molar-refractivity contribution >= 4 is 17.1 Å². The molecule has 4 heteroatoms. The van der Waals surface area contributed by atoms with E-state index in [1.807, 2.05) is 6.07 Å². The molecule has 0 bridgehead atoms. The topological polar surface area (TPSA) is 46.4 Å². The highest BCUT2D eigenvalue weighted by atomic mass is 16.6. The number of unbranched alkanes of at least 4 members (excludes halogenated alkanes) is 2. The summed E-state index contributed by atoms with van der Waals surface area (Å²) in [7, 11) is 0. The average molecular weight is 383 g/mol. The lowest BCUT2D eigenvalue weighted by molar-refractivity contribution is -0.384. The van der Waals surface area contributed by atoms with E-state index in [9.17, 15) is 10.1 Å². The first-order valence-electron chi connectivity index (χ1n) is 10.7.